The van der Waals surface area contributed by atoms with Crippen LogP contribution in [-0.4, -0.2) is 24.5 Å². The predicted molar refractivity (Wildman–Crippen MR) is 64.4 cm³/mol. The van der Waals surface area contributed by atoms with Gasteiger partial charge in [0.05, 0.1) is 5.75 Å². The molecule has 0 aromatic heterocycles. The van der Waals surface area contributed by atoms with Gasteiger partial charge >= 0.3 is 0 Å². The standard InChI is InChI=1S/C12H15NO2S/c1-11-6-5-9-16(14,15)13(11)10-12-7-3-2-4-8-12/h2-8,11H,9-10H2,1H3. The van der Waals surface area contributed by atoms with Crippen LogP contribution in [0.4, 0.5) is 0 Å². The molecule has 0 amide bonds. The van der Waals surface area contributed by atoms with E-state index in [1.807, 2.05) is 43.3 Å². The van der Waals surface area contributed by atoms with Gasteiger partial charge in [-0.2, -0.15) is 4.31 Å². The van der Waals surface area contributed by atoms with Crippen LogP contribution < -0.4 is 0 Å². The van der Waals surface area contributed by atoms with Crippen LogP contribution in [0.25, 0.3) is 0 Å². The first-order valence-corrected chi connectivity index (χ1v) is 6.90. The lowest BCUT2D eigenvalue weighted by atomic mass is 10.2. The van der Waals surface area contributed by atoms with E-state index < -0.39 is 10.0 Å². The van der Waals surface area contributed by atoms with Gasteiger partial charge in [0.25, 0.3) is 0 Å². The second kappa shape index (κ2) is 4.39. The Bertz CT molecular complexity index is 479. The molecule has 0 saturated carbocycles. The summed E-state index contributed by atoms with van der Waals surface area (Å²) in [4.78, 5) is 0. The molecule has 0 saturated heterocycles. The lowest BCUT2D eigenvalue weighted by Gasteiger charge is -2.28. The summed E-state index contributed by atoms with van der Waals surface area (Å²) in [5.41, 5.74) is 1.02. The Balaban J connectivity index is 2.24. The highest BCUT2D eigenvalue weighted by Gasteiger charge is 2.27. The van der Waals surface area contributed by atoms with Gasteiger partial charge in [0.15, 0.2) is 0 Å². The Hall–Kier alpha value is -1.13. The van der Waals surface area contributed by atoms with E-state index in [-0.39, 0.29) is 11.8 Å². The maximum Gasteiger partial charge on any atom is 0.218 e. The van der Waals surface area contributed by atoms with Crippen molar-refractivity contribution in [1.82, 2.24) is 4.31 Å². The number of hydrogen-bond acceptors (Lipinski definition) is 2. The normalized spacial score (nSPS) is 24.4. The van der Waals surface area contributed by atoms with Crippen molar-refractivity contribution in [2.75, 3.05) is 5.75 Å². The third kappa shape index (κ3) is 2.33. The van der Waals surface area contributed by atoms with Crippen LogP contribution >= 0.6 is 0 Å². The summed E-state index contributed by atoms with van der Waals surface area (Å²) in [7, 11) is -3.12. The van der Waals surface area contributed by atoms with E-state index in [9.17, 15) is 8.42 Å². The molecule has 0 radical (unpaired) electrons. The minimum Gasteiger partial charge on any atom is -0.212 e. The summed E-state index contributed by atoms with van der Waals surface area (Å²) >= 11 is 0. The van der Waals surface area contributed by atoms with Crippen LogP contribution in [0, 0.1) is 0 Å². The molecule has 1 aromatic rings. The summed E-state index contributed by atoms with van der Waals surface area (Å²) in [5, 5.41) is 0. The summed E-state index contributed by atoms with van der Waals surface area (Å²) in [6.45, 7) is 2.35. The average Bonchev–Trinajstić information content (AvgIpc) is 2.25. The maximum atomic E-state index is 11.9. The zero-order valence-electron chi connectivity index (χ0n) is 9.20. The first-order valence-electron chi connectivity index (χ1n) is 5.30. The number of rotatable bonds is 2. The highest BCUT2D eigenvalue weighted by Crippen LogP contribution is 2.18. The Morgan fingerprint density at radius 1 is 1.31 bits per heavy atom. The van der Waals surface area contributed by atoms with E-state index in [1.54, 1.807) is 10.4 Å². The van der Waals surface area contributed by atoms with E-state index in [0.717, 1.165) is 5.56 Å². The molecule has 0 N–H and O–H groups in total. The van der Waals surface area contributed by atoms with Crippen molar-refractivity contribution in [1.29, 1.82) is 0 Å². The van der Waals surface area contributed by atoms with Crippen molar-refractivity contribution >= 4 is 10.0 Å². The second-order valence-corrected chi connectivity index (χ2v) is 5.94. The Morgan fingerprint density at radius 3 is 2.62 bits per heavy atom. The lowest BCUT2D eigenvalue weighted by molar-refractivity contribution is 0.368. The SMILES string of the molecule is CC1C=CCS(=O)(=O)N1Cc1ccccc1. The Kier molecular flexibility index (Phi) is 3.12. The van der Waals surface area contributed by atoms with Crippen molar-refractivity contribution in [3.05, 3.63) is 48.0 Å². The van der Waals surface area contributed by atoms with E-state index in [1.165, 1.54) is 0 Å². The molecule has 1 aliphatic rings. The summed E-state index contributed by atoms with van der Waals surface area (Å²) in [5.74, 6) is 0.115. The lowest BCUT2D eigenvalue weighted by Crippen LogP contribution is -2.40. The van der Waals surface area contributed by atoms with Crippen LogP contribution in [0.2, 0.25) is 0 Å². The molecule has 0 fully saturated rings. The van der Waals surface area contributed by atoms with Crippen LogP contribution in [-0.2, 0) is 16.6 Å². The van der Waals surface area contributed by atoms with Gasteiger partial charge in [-0.05, 0) is 12.5 Å². The van der Waals surface area contributed by atoms with Crippen molar-refractivity contribution in [3.63, 3.8) is 0 Å². The van der Waals surface area contributed by atoms with Gasteiger partial charge in [-0.15, -0.1) is 0 Å². The second-order valence-electron chi connectivity index (χ2n) is 3.98. The molecule has 86 valence electrons. The molecule has 2 rings (SSSR count). The molecule has 1 heterocycles. The predicted octanol–water partition coefficient (Wildman–Crippen LogP) is 1.78. The fourth-order valence-corrected chi connectivity index (χ4v) is 3.29. The van der Waals surface area contributed by atoms with E-state index in [0.29, 0.717) is 6.54 Å². The molecule has 4 heteroatoms. The van der Waals surface area contributed by atoms with E-state index in [4.69, 9.17) is 0 Å². The van der Waals surface area contributed by atoms with E-state index >= 15 is 0 Å². The molecule has 1 aliphatic heterocycles. The molecule has 3 nitrogen and oxygen atoms in total. The molecule has 1 atom stereocenters. The Labute approximate surface area is 96.4 Å². The third-order valence-corrected chi connectivity index (χ3v) is 4.50. The van der Waals surface area contributed by atoms with Crippen LogP contribution in [0.3, 0.4) is 0 Å². The first kappa shape index (κ1) is 11.4. The van der Waals surface area contributed by atoms with Crippen molar-refractivity contribution in [3.8, 4) is 0 Å². The maximum absolute atomic E-state index is 11.9. The summed E-state index contributed by atoms with van der Waals surface area (Å²) in [6.07, 6.45) is 3.66. The molecular weight excluding hydrogens is 222 g/mol. The van der Waals surface area contributed by atoms with Gasteiger partial charge in [-0.1, -0.05) is 42.5 Å². The van der Waals surface area contributed by atoms with Gasteiger partial charge in [0.1, 0.15) is 0 Å². The quantitative estimate of drug-likeness (QED) is 0.735. The molecule has 0 aliphatic carbocycles. The average molecular weight is 237 g/mol. The van der Waals surface area contributed by atoms with Crippen molar-refractivity contribution in [2.24, 2.45) is 0 Å². The highest BCUT2D eigenvalue weighted by atomic mass is 32.2. The molecule has 0 bridgehead atoms. The van der Waals surface area contributed by atoms with E-state index in [2.05, 4.69) is 0 Å². The smallest absolute Gasteiger partial charge is 0.212 e. The van der Waals surface area contributed by atoms with Crippen LogP contribution in [0.1, 0.15) is 12.5 Å². The summed E-state index contributed by atoms with van der Waals surface area (Å²) in [6, 6.07) is 9.61. The largest absolute Gasteiger partial charge is 0.218 e. The van der Waals surface area contributed by atoms with Gasteiger partial charge < -0.3 is 0 Å². The molecule has 16 heavy (non-hydrogen) atoms. The zero-order chi connectivity index (χ0) is 11.6. The zero-order valence-corrected chi connectivity index (χ0v) is 10.0. The molecular formula is C12H15NO2S. The van der Waals surface area contributed by atoms with Crippen molar-refractivity contribution in [2.45, 2.75) is 19.5 Å². The monoisotopic (exact) mass is 237 g/mol. The minimum atomic E-state index is -3.12. The fraction of sp³-hybridized carbons (Fsp3) is 0.333. The van der Waals surface area contributed by atoms with Crippen LogP contribution in [0.15, 0.2) is 42.5 Å². The number of sulfonamides is 1. The van der Waals surface area contributed by atoms with Gasteiger partial charge in [0, 0.05) is 12.6 Å². The van der Waals surface area contributed by atoms with Crippen LogP contribution in [0.5, 0.6) is 0 Å². The minimum absolute atomic E-state index is 0.0565. The number of benzene rings is 1. The van der Waals surface area contributed by atoms with Gasteiger partial charge in [0.2, 0.25) is 10.0 Å². The third-order valence-electron chi connectivity index (χ3n) is 2.71. The van der Waals surface area contributed by atoms with Crippen molar-refractivity contribution < 1.29 is 8.42 Å². The highest BCUT2D eigenvalue weighted by molar-refractivity contribution is 7.89. The number of nitrogens with zero attached hydrogens (tertiary/aromatic N) is 1. The molecule has 1 aromatic carbocycles. The topological polar surface area (TPSA) is 37.4 Å². The number of hydrogen-bond donors (Lipinski definition) is 0. The molecule has 0 spiro atoms. The summed E-state index contributed by atoms with van der Waals surface area (Å²) < 4.78 is 25.3. The first-order chi connectivity index (χ1) is 7.59. The fourth-order valence-electron chi connectivity index (χ4n) is 1.82. The molecule has 1 unspecified atom stereocenters. The Morgan fingerprint density at radius 2 is 2.00 bits per heavy atom. The van der Waals surface area contributed by atoms with Gasteiger partial charge in [-0.25, -0.2) is 8.42 Å². The van der Waals surface area contributed by atoms with Gasteiger partial charge in [-0.3, -0.25) is 0 Å².